The molecule has 0 bridgehead atoms. The monoisotopic (exact) mass is 553 g/mol. The van der Waals surface area contributed by atoms with Crippen LogP contribution in [0.4, 0.5) is 5.82 Å². The third-order valence-electron chi connectivity index (χ3n) is 7.61. The number of pyridine rings is 1. The first-order chi connectivity index (χ1) is 20.1. The first-order valence-electron chi connectivity index (χ1n) is 14.2. The molecule has 2 aromatic heterocycles. The molecule has 9 heteroatoms. The number of ketones is 1. The zero-order valence-electron chi connectivity index (χ0n) is 23.2. The summed E-state index contributed by atoms with van der Waals surface area (Å²) in [6, 6.07) is 17.6. The highest BCUT2D eigenvalue weighted by Gasteiger charge is 2.20. The van der Waals surface area contributed by atoms with Crippen molar-refractivity contribution in [2.24, 2.45) is 0 Å². The highest BCUT2D eigenvalue weighted by Crippen LogP contribution is 2.28. The Morgan fingerprint density at radius 2 is 1.39 bits per heavy atom. The van der Waals surface area contributed by atoms with Crippen LogP contribution < -0.4 is 4.90 Å². The van der Waals surface area contributed by atoms with Crippen LogP contribution in [0.2, 0.25) is 0 Å². The quantitative estimate of drug-likeness (QED) is 0.335. The first kappa shape index (κ1) is 27.4. The largest absolute Gasteiger partial charge is 0.392 e. The molecule has 6 rings (SSSR count). The van der Waals surface area contributed by atoms with Gasteiger partial charge in [0.15, 0.2) is 11.6 Å². The number of fused-ring (bicyclic) bond motifs is 1. The van der Waals surface area contributed by atoms with Crippen molar-refractivity contribution in [3.05, 3.63) is 83.0 Å². The summed E-state index contributed by atoms with van der Waals surface area (Å²) in [5, 5.41) is 9.22. The van der Waals surface area contributed by atoms with Crippen LogP contribution in [-0.4, -0.2) is 83.3 Å². The molecular weight excluding hydrogens is 518 g/mol. The lowest BCUT2D eigenvalue weighted by Gasteiger charge is -2.29. The van der Waals surface area contributed by atoms with Gasteiger partial charge in [0.2, 0.25) is 0 Å². The van der Waals surface area contributed by atoms with Crippen LogP contribution in [0.25, 0.3) is 22.4 Å². The molecule has 212 valence electrons. The van der Waals surface area contributed by atoms with Gasteiger partial charge in [-0.25, -0.2) is 9.97 Å². The first-order valence-corrected chi connectivity index (χ1v) is 14.2. The molecule has 0 saturated carbocycles. The van der Waals surface area contributed by atoms with Gasteiger partial charge >= 0.3 is 0 Å². The minimum atomic E-state index is 0.00154. The standard InChI is InChI=1S/C32H35N5O4/c38-22-25-3-1-23(2-4-25)17-28(39)18-24-5-7-27(8-6-24)31-34-29-19-26(21-36-9-13-40-14-10-36)20-33-30(29)32(35-31)37-11-15-41-16-12-37/h1-8,19-20,38H,9-18,21-22H2. The van der Waals surface area contributed by atoms with Gasteiger partial charge in [0.05, 0.1) is 38.6 Å². The van der Waals surface area contributed by atoms with Gasteiger partial charge in [-0.1, -0.05) is 48.5 Å². The summed E-state index contributed by atoms with van der Waals surface area (Å²) < 4.78 is 11.1. The van der Waals surface area contributed by atoms with E-state index in [-0.39, 0.29) is 12.4 Å². The van der Waals surface area contributed by atoms with Gasteiger partial charge in [0.1, 0.15) is 11.3 Å². The Morgan fingerprint density at radius 3 is 2.05 bits per heavy atom. The second kappa shape index (κ2) is 12.8. The lowest BCUT2D eigenvalue weighted by molar-refractivity contribution is -0.117. The molecule has 2 aromatic carbocycles. The van der Waals surface area contributed by atoms with Crippen LogP contribution in [0.5, 0.6) is 0 Å². The van der Waals surface area contributed by atoms with Crippen molar-refractivity contribution in [3.8, 4) is 11.4 Å². The average molecular weight is 554 g/mol. The van der Waals surface area contributed by atoms with Crippen molar-refractivity contribution in [1.29, 1.82) is 0 Å². The van der Waals surface area contributed by atoms with Crippen molar-refractivity contribution in [2.45, 2.75) is 26.0 Å². The highest BCUT2D eigenvalue weighted by atomic mass is 16.5. The zero-order valence-corrected chi connectivity index (χ0v) is 23.2. The van der Waals surface area contributed by atoms with E-state index < -0.39 is 0 Å². The molecule has 0 spiro atoms. The maximum absolute atomic E-state index is 12.7. The fourth-order valence-corrected chi connectivity index (χ4v) is 5.33. The minimum Gasteiger partial charge on any atom is -0.392 e. The Morgan fingerprint density at radius 1 is 0.780 bits per heavy atom. The molecule has 2 fully saturated rings. The van der Waals surface area contributed by atoms with Crippen molar-refractivity contribution >= 4 is 22.6 Å². The molecule has 2 saturated heterocycles. The molecule has 0 radical (unpaired) electrons. The number of ether oxygens (including phenoxy) is 2. The minimum absolute atomic E-state index is 0.00154. The number of carbonyl (C=O) groups excluding carboxylic acids is 1. The number of aliphatic hydroxyl groups excluding tert-OH is 1. The molecule has 2 aliphatic rings. The van der Waals surface area contributed by atoms with Gasteiger partial charge in [0.25, 0.3) is 0 Å². The Balaban J connectivity index is 1.23. The lowest BCUT2D eigenvalue weighted by Crippen LogP contribution is -2.37. The predicted octanol–water partition coefficient (Wildman–Crippen LogP) is 3.21. The van der Waals surface area contributed by atoms with Crippen molar-refractivity contribution in [3.63, 3.8) is 0 Å². The molecule has 0 amide bonds. The summed E-state index contributed by atoms with van der Waals surface area (Å²) in [6.07, 6.45) is 2.66. The molecular formula is C32H35N5O4. The van der Waals surface area contributed by atoms with Crippen LogP contribution in [0.1, 0.15) is 22.3 Å². The van der Waals surface area contributed by atoms with Crippen LogP contribution in [0.3, 0.4) is 0 Å². The maximum atomic E-state index is 12.7. The average Bonchev–Trinajstić information content (AvgIpc) is 3.02. The number of benzene rings is 2. The third-order valence-corrected chi connectivity index (χ3v) is 7.61. The number of carbonyl (C=O) groups is 1. The second-order valence-electron chi connectivity index (χ2n) is 10.6. The molecule has 41 heavy (non-hydrogen) atoms. The number of aliphatic hydroxyl groups is 1. The van der Waals surface area contributed by atoms with Crippen LogP contribution >= 0.6 is 0 Å². The second-order valence-corrected chi connectivity index (χ2v) is 10.6. The molecule has 9 nitrogen and oxygen atoms in total. The smallest absolute Gasteiger partial charge is 0.162 e. The summed E-state index contributed by atoms with van der Waals surface area (Å²) in [5.41, 5.74) is 6.39. The van der Waals surface area contributed by atoms with E-state index in [4.69, 9.17) is 24.4 Å². The summed E-state index contributed by atoms with van der Waals surface area (Å²) in [5.74, 6) is 1.62. The molecule has 0 atom stereocenters. The Hall–Kier alpha value is -3.76. The predicted molar refractivity (Wildman–Crippen MR) is 157 cm³/mol. The van der Waals surface area contributed by atoms with E-state index in [1.54, 1.807) is 0 Å². The third kappa shape index (κ3) is 6.77. The Kier molecular flexibility index (Phi) is 8.57. The summed E-state index contributed by atoms with van der Waals surface area (Å²) in [6.45, 7) is 6.98. The number of anilines is 1. The molecule has 4 heterocycles. The number of nitrogens with zero attached hydrogens (tertiary/aromatic N) is 5. The van der Waals surface area contributed by atoms with E-state index in [0.29, 0.717) is 31.9 Å². The van der Waals surface area contributed by atoms with E-state index in [1.165, 1.54) is 0 Å². The van der Waals surface area contributed by atoms with Crippen molar-refractivity contribution in [1.82, 2.24) is 19.9 Å². The number of rotatable bonds is 9. The number of aromatic nitrogens is 3. The topological polar surface area (TPSA) is 101 Å². The number of morpholine rings is 2. The number of hydrogen-bond donors (Lipinski definition) is 1. The number of Topliss-reactive ketones (excluding diaryl/α,β-unsaturated/α-hetero) is 1. The van der Waals surface area contributed by atoms with E-state index in [9.17, 15) is 9.90 Å². The van der Waals surface area contributed by atoms with Crippen LogP contribution in [0.15, 0.2) is 60.8 Å². The molecule has 1 N–H and O–H groups in total. The highest BCUT2D eigenvalue weighted by molar-refractivity contribution is 5.88. The maximum Gasteiger partial charge on any atom is 0.162 e. The molecule has 4 aromatic rings. The Labute approximate surface area is 239 Å². The molecule has 0 aliphatic carbocycles. The van der Waals surface area contributed by atoms with Crippen LogP contribution in [0, 0.1) is 0 Å². The van der Waals surface area contributed by atoms with Gasteiger partial charge in [0, 0.05) is 57.3 Å². The van der Waals surface area contributed by atoms with Gasteiger partial charge in [-0.05, 0) is 28.3 Å². The lowest BCUT2D eigenvalue weighted by atomic mass is 10.0. The zero-order chi connectivity index (χ0) is 28.0. The van der Waals surface area contributed by atoms with Crippen molar-refractivity contribution < 1.29 is 19.4 Å². The van der Waals surface area contributed by atoms with Crippen LogP contribution in [-0.2, 0) is 40.3 Å². The fraction of sp³-hybridized carbons (Fsp3) is 0.375. The summed E-state index contributed by atoms with van der Waals surface area (Å²) in [4.78, 5) is 32.1. The molecule has 2 aliphatic heterocycles. The van der Waals surface area contributed by atoms with E-state index in [2.05, 4.69) is 15.9 Å². The van der Waals surface area contributed by atoms with E-state index >= 15 is 0 Å². The van der Waals surface area contributed by atoms with Gasteiger partial charge in [-0.15, -0.1) is 0 Å². The normalized spacial score (nSPS) is 16.3. The summed E-state index contributed by atoms with van der Waals surface area (Å²) >= 11 is 0. The Bertz CT molecular complexity index is 1480. The van der Waals surface area contributed by atoms with Crippen molar-refractivity contribution in [2.75, 3.05) is 57.5 Å². The fourth-order valence-electron chi connectivity index (χ4n) is 5.33. The van der Waals surface area contributed by atoms with Gasteiger partial charge in [-0.3, -0.25) is 14.7 Å². The summed E-state index contributed by atoms with van der Waals surface area (Å²) in [7, 11) is 0. The van der Waals surface area contributed by atoms with Gasteiger partial charge < -0.3 is 19.5 Å². The SMILES string of the molecule is O=C(Cc1ccc(CO)cc1)Cc1ccc(-c2nc(N3CCOCC3)c3ncc(CN4CCOCC4)cc3n2)cc1. The number of hydrogen-bond acceptors (Lipinski definition) is 9. The van der Waals surface area contributed by atoms with Gasteiger partial charge in [-0.2, -0.15) is 0 Å². The molecule has 0 unspecified atom stereocenters. The van der Waals surface area contributed by atoms with E-state index in [1.807, 2.05) is 54.7 Å². The van der Waals surface area contributed by atoms with E-state index in [0.717, 1.165) is 90.6 Å².